The summed E-state index contributed by atoms with van der Waals surface area (Å²) in [6.45, 7) is 3.19. The summed E-state index contributed by atoms with van der Waals surface area (Å²) in [5, 5.41) is 3.56. The molecule has 0 unspecified atom stereocenters. The molecule has 1 aliphatic rings. The Morgan fingerprint density at radius 3 is 2.50 bits per heavy atom. The highest BCUT2D eigenvalue weighted by Crippen LogP contribution is 2.28. The third-order valence-corrected chi connectivity index (χ3v) is 3.83. The minimum Gasteiger partial charge on any atom is -0.379 e. The molecule has 104 valence electrons. The van der Waals surface area contributed by atoms with E-state index in [-0.39, 0.29) is 0 Å². The van der Waals surface area contributed by atoms with Crippen LogP contribution >= 0.6 is 0 Å². The van der Waals surface area contributed by atoms with Crippen LogP contribution in [0.15, 0.2) is 48.8 Å². The molecular formula is C17H21N3. The third kappa shape index (κ3) is 3.10. The van der Waals surface area contributed by atoms with Crippen LogP contribution in [0.2, 0.25) is 0 Å². The van der Waals surface area contributed by atoms with Gasteiger partial charge >= 0.3 is 0 Å². The Hall–Kier alpha value is -2.03. The maximum atomic E-state index is 4.06. The van der Waals surface area contributed by atoms with E-state index in [0.29, 0.717) is 0 Å². The first kappa shape index (κ1) is 13.0. The number of piperidine rings is 1. The van der Waals surface area contributed by atoms with Crippen LogP contribution in [0.5, 0.6) is 0 Å². The van der Waals surface area contributed by atoms with Gasteiger partial charge in [-0.2, -0.15) is 0 Å². The van der Waals surface area contributed by atoms with Crippen LogP contribution in [0.1, 0.15) is 24.8 Å². The first-order chi connectivity index (χ1) is 9.93. The average Bonchev–Trinajstić information content (AvgIpc) is 2.55. The first-order valence-electron chi connectivity index (χ1n) is 7.40. The minimum absolute atomic E-state index is 0.841. The SMILES string of the molecule is c1ccc(N2CCCCC2)c(NCc2ccncc2)c1. The van der Waals surface area contributed by atoms with Gasteiger partial charge in [-0.25, -0.2) is 0 Å². The first-order valence-corrected chi connectivity index (χ1v) is 7.40. The molecule has 0 amide bonds. The van der Waals surface area contributed by atoms with E-state index < -0.39 is 0 Å². The number of pyridine rings is 1. The highest BCUT2D eigenvalue weighted by atomic mass is 15.1. The molecule has 1 aliphatic heterocycles. The second kappa shape index (κ2) is 6.42. The monoisotopic (exact) mass is 267 g/mol. The molecule has 0 aliphatic carbocycles. The zero-order valence-corrected chi connectivity index (χ0v) is 11.8. The van der Waals surface area contributed by atoms with E-state index in [4.69, 9.17) is 0 Å². The third-order valence-electron chi connectivity index (χ3n) is 3.83. The van der Waals surface area contributed by atoms with E-state index in [0.717, 1.165) is 6.54 Å². The van der Waals surface area contributed by atoms with Crippen LogP contribution in [-0.2, 0) is 6.54 Å². The molecule has 0 radical (unpaired) electrons. The summed E-state index contributed by atoms with van der Waals surface area (Å²) < 4.78 is 0. The lowest BCUT2D eigenvalue weighted by molar-refractivity contribution is 0.578. The number of hydrogen-bond donors (Lipinski definition) is 1. The van der Waals surface area contributed by atoms with Gasteiger partial charge in [0, 0.05) is 32.0 Å². The lowest BCUT2D eigenvalue weighted by atomic mass is 10.1. The van der Waals surface area contributed by atoms with Crippen molar-refractivity contribution < 1.29 is 0 Å². The number of aromatic nitrogens is 1. The summed E-state index contributed by atoms with van der Waals surface area (Å²) in [6.07, 6.45) is 7.65. The Labute approximate surface area is 120 Å². The molecule has 1 fully saturated rings. The van der Waals surface area contributed by atoms with Crippen LogP contribution in [0.4, 0.5) is 11.4 Å². The van der Waals surface area contributed by atoms with Crippen molar-refractivity contribution in [1.29, 1.82) is 0 Å². The van der Waals surface area contributed by atoms with Crippen molar-refractivity contribution in [3.8, 4) is 0 Å². The topological polar surface area (TPSA) is 28.2 Å². The van der Waals surface area contributed by atoms with E-state index in [1.807, 2.05) is 12.4 Å². The average molecular weight is 267 g/mol. The van der Waals surface area contributed by atoms with Crippen molar-refractivity contribution in [3.05, 3.63) is 54.4 Å². The zero-order chi connectivity index (χ0) is 13.6. The largest absolute Gasteiger partial charge is 0.379 e. The minimum atomic E-state index is 0.841. The Morgan fingerprint density at radius 1 is 0.950 bits per heavy atom. The summed E-state index contributed by atoms with van der Waals surface area (Å²) in [6, 6.07) is 12.7. The van der Waals surface area contributed by atoms with Crippen molar-refractivity contribution in [1.82, 2.24) is 4.98 Å². The maximum Gasteiger partial charge on any atom is 0.0602 e. The molecule has 20 heavy (non-hydrogen) atoms. The van der Waals surface area contributed by atoms with E-state index in [1.165, 1.54) is 49.3 Å². The number of rotatable bonds is 4. The Balaban J connectivity index is 1.72. The van der Waals surface area contributed by atoms with Gasteiger partial charge in [0.1, 0.15) is 0 Å². The lowest BCUT2D eigenvalue weighted by Gasteiger charge is -2.30. The van der Waals surface area contributed by atoms with Gasteiger partial charge in [-0.1, -0.05) is 12.1 Å². The fraction of sp³-hybridized carbons (Fsp3) is 0.353. The number of hydrogen-bond acceptors (Lipinski definition) is 3. The van der Waals surface area contributed by atoms with E-state index in [1.54, 1.807) is 0 Å². The number of nitrogens with one attached hydrogen (secondary N) is 1. The number of para-hydroxylation sites is 2. The molecule has 0 spiro atoms. The molecule has 2 heterocycles. The van der Waals surface area contributed by atoms with Gasteiger partial charge in [0.25, 0.3) is 0 Å². The van der Waals surface area contributed by atoms with Crippen LogP contribution in [0.25, 0.3) is 0 Å². The van der Waals surface area contributed by atoms with Crippen molar-refractivity contribution in [2.75, 3.05) is 23.3 Å². The summed E-state index contributed by atoms with van der Waals surface area (Å²) >= 11 is 0. The van der Waals surface area contributed by atoms with Gasteiger partial charge in [-0.3, -0.25) is 4.98 Å². The predicted octanol–water partition coefficient (Wildman–Crippen LogP) is 3.68. The standard InChI is InChI=1S/C17H21N3/c1-4-12-20(13-5-1)17-7-3-2-6-16(17)19-14-15-8-10-18-11-9-15/h2-3,6-11,19H,1,4-5,12-14H2. The van der Waals surface area contributed by atoms with Crippen molar-refractivity contribution in [2.24, 2.45) is 0 Å². The molecule has 3 rings (SSSR count). The maximum absolute atomic E-state index is 4.06. The quantitative estimate of drug-likeness (QED) is 0.916. The second-order valence-corrected chi connectivity index (χ2v) is 5.27. The summed E-state index contributed by atoms with van der Waals surface area (Å²) in [5.74, 6) is 0. The molecule has 1 aromatic heterocycles. The van der Waals surface area contributed by atoms with Crippen LogP contribution < -0.4 is 10.2 Å². The number of benzene rings is 1. The lowest BCUT2D eigenvalue weighted by Crippen LogP contribution is -2.30. The molecule has 2 aromatic rings. The van der Waals surface area contributed by atoms with Crippen LogP contribution in [0.3, 0.4) is 0 Å². The smallest absolute Gasteiger partial charge is 0.0602 e. The van der Waals surface area contributed by atoms with Gasteiger partial charge in [-0.05, 0) is 49.1 Å². The highest BCUT2D eigenvalue weighted by Gasteiger charge is 2.13. The molecule has 3 nitrogen and oxygen atoms in total. The molecule has 0 bridgehead atoms. The molecule has 0 atom stereocenters. The number of anilines is 2. The van der Waals surface area contributed by atoms with Gasteiger partial charge in [0.15, 0.2) is 0 Å². The second-order valence-electron chi connectivity index (χ2n) is 5.27. The Morgan fingerprint density at radius 2 is 1.70 bits per heavy atom. The zero-order valence-electron chi connectivity index (χ0n) is 11.8. The summed E-state index contributed by atoms with van der Waals surface area (Å²) in [4.78, 5) is 6.55. The molecular weight excluding hydrogens is 246 g/mol. The van der Waals surface area contributed by atoms with Crippen LogP contribution in [-0.4, -0.2) is 18.1 Å². The Bertz CT molecular complexity index is 533. The van der Waals surface area contributed by atoms with Gasteiger partial charge in [0.05, 0.1) is 11.4 Å². The van der Waals surface area contributed by atoms with E-state index in [2.05, 4.69) is 51.6 Å². The normalized spacial score (nSPS) is 15.1. The molecule has 0 saturated carbocycles. The molecule has 1 saturated heterocycles. The van der Waals surface area contributed by atoms with E-state index >= 15 is 0 Å². The van der Waals surface area contributed by atoms with Gasteiger partial charge in [0.2, 0.25) is 0 Å². The van der Waals surface area contributed by atoms with Crippen LogP contribution in [0, 0.1) is 0 Å². The molecule has 3 heteroatoms. The van der Waals surface area contributed by atoms with E-state index in [9.17, 15) is 0 Å². The molecule has 1 N–H and O–H groups in total. The Kier molecular flexibility index (Phi) is 4.16. The van der Waals surface area contributed by atoms with Gasteiger partial charge < -0.3 is 10.2 Å². The molecule has 1 aromatic carbocycles. The summed E-state index contributed by atoms with van der Waals surface area (Å²) in [7, 11) is 0. The summed E-state index contributed by atoms with van der Waals surface area (Å²) in [5.41, 5.74) is 3.82. The van der Waals surface area contributed by atoms with Crippen molar-refractivity contribution in [3.63, 3.8) is 0 Å². The fourth-order valence-corrected chi connectivity index (χ4v) is 2.73. The highest BCUT2D eigenvalue weighted by molar-refractivity contribution is 5.70. The fourth-order valence-electron chi connectivity index (χ4n) is 2.73. The predicted molar refractivity (Wildman–Crippen MR) is 84.1 cm³/mol. The van der Waals surface area contributed by atoms with Crippen molar-refractivity contribution >= 4 is 11.4 Å². The van der Waals surface area contributed by atoms with Crippen molar-refractivity contribution in [2.45, 2.75) is 25.8 Å². The van der Waals surface area contributed by atoms with Gasteiger partial charge in [-0.15, -0.1) is 0 Å². The number of nitrogens with zero attached hydrogens (tertiary/aromatic N) is 2.